The Morgan fingerprint density at radius 2 is 2.12 bits per heavy atom. The van der Waals surface area contributed by atoms with Crippen molar-refractivity contribution in [2.24, 2.45) is 0 Å². The van der Waals surface area contributed by atoms with Gasteiger partial charge in [0.25, 0.3) is 5.91 Å². The molecule has 1 aliphatic heterocycles. The zero-order chi connectivity index (χ0) is 17.7. The van der Waals surface area contributed by atoms with Crippen molar-refractivity contribution in [1.29, 1.82) is 0 Å². The number of carbonyl (C=O) groups excluding carboxylic acids is 1. The van der Waals surface area contributed by atoms with Crippen LogP contribution in [-0.4, -0.2) is 61.0 Å². The minimum atomic E-state index is -3.07. The summed E-state index contributed by atoms with van der Waals surface area (Å²) in [7, 11) is -3.07. The maximum absolute atomic E-state index is 12.4. The molecule has 132 valence electrons. The highest BCUT2D eigenvalue weighted by Gasteiger charge is 2.34. The molecule has 0 bridgehead atoms. The van der Waals surface area contributed by atoms with Crippen LogP contribution in [-0.2, 0) is 14.6 Å². The maximum Gasteiger partial charge on any atom is 0.335 e. The molecule has 1 aliphatic rings. The third kappa shape index (κ3) is 4.70. The van der Waals surface area contributed by atoms with E-state index in [0.717, 1.165) is 6.42 Å². The van der Waals surface area contributed by atoms with Crippen molar-refractivity contribution < 1.29 is 27.9 Å². The Bertz CT molecular complexity index is 715. The van der Waals surface area contributed by atoms with Gasteiger partial charge in [0.15, 0.2) is 16.4 Å². The van der Waals surface area contributed by atoms with E-state index < -0.39 is 15.8 Å². The summed E-state index contributed by atoms with van der Waals surface area (Å²) in [6.45, 7) is 2.14. The van der Waals surface area contributed by atoms with Gasteiger partial charge in [0.1, 0.15) is 5.75 Å². The average Bonchev–Trinajstić information content (AvgIpc) is 2.90. The highest BCUT2D eigenvalue weighted by atomic mass is 32.2. The summed E-state index contributed by atoms with van der Waals surface area (Å²) in [4.78, 5) is 24.9. The Labute approximate surface area is 141 Å². The summed E-state index contributed by atoms with van der Waals surface area (Å²) < 4.78 is 28.6. The van der Waals surface area contributed by atoms with Crippen molar-refractivity contribution in [2.45, 2.75) is 25.8 Å². The molecule has 1 aromatic carbocycles. The zero-order valence-corrected chi connectivity index (χ0v) is 14.3. The summed E-state index contributed by atoms with van der Waals surface area (Å²) in [5.41, 5.74) is 0.0762. The van der Waals surface area contributed by atoms with Crippen LogP contribution >= 0.6 is 0 Å². The van der Waals surface area contributed by atoms with Gasteiger partial charge >= 0.3 is 5.97 Å². The Hall–Kier alpha value is -2.09. The number of ether oxygens (including phenoxy) is 1. The number of benzene rings is 1. The molecule has 0 spiro atoms. The number of amides is 1. The number of hydrogen-bond acceptors (Lipinski definition) is 5. The molecule has 0 unspecified atom stereocenters. The topological polar surface area (TPSA) is 101 Å². The Kier molecular flexibility index (Phi) is 5.82. The molecule has 0 saturated carbocycles. The van der Waals surface area contributed by atoms with Gasteiger partial charge in [-0.25, -0.2) is 13.2 Å². The number of sulfone groups is 1. The third-order valence-corrected chi connectivity index (χ3v) is 5.63. The van der Waals surface area contributed by atoms with Crippen molar-refractivity contribution in [3.05, 3.63) is 29.8 Å². The summed E-state index contributed by atoms with van der Waals surface area (Å²) in [6, 6.07) is 5.58. The summed E-state index contributed by atoms with van der Waals surface area (Å²) >= 11 is 0. The summed E-state index contributed by atoms with van der Waals surface area (Å²) in [5.74, 6) is -0.978. The SMILES string of the molecule is CCCN(C(=O)COc1cccc(C(=O)O)c1)[C@H]1CCS(=O)(=O)C1. The van der Waals surface area contributed by atoms with Gasteiger partial charge < -0.3 is 14.7 Å². The molecule has 0 radical (unpaired) electrons. The monoisotopic (exact) mass is 355 g/mol. The van der Waals surface area contributed by atoms with Crippen LogP contribution in [0.4, 0.5) is 0 Å². The van der Waals surface area contributed by atoms with Crippen LogP contribution in [0, 0.1) is 0 Å². The van der Waals surface area contributed by atoms with E-state index in [1.54, 1.807) is 11.0 Å². The fourth-order valence-corrected chi connectivity index (χ4v) is 4.45. The van der Waals surface area contributed by atoms with E-state index in [0.29, 0.717) is 18.7 Å². The predicted octanol–water partition coefficient (Wildman–Crippen LogP) is 1.19. The van der Waals surface area contributed by atoms with Gasteiger partial charge in [0.05, 0.1) is 17.1 Å². The molecule has 1 atom stereocenters. The van der Waals surface area contributed by atoms with E-state index in [1.807, 2.05) is 6.92 Å². The number of carboxylic acids is 1. The van der Waals surface area contributed by atoms with Gasteiger partial charge in [-0.15, -0.1) is 0 Å². The number of carbonyl (C=O) groups is 2. The third-order valence-electron chi connectivity index (χ3n) is 3.88. The van der Waals surface area contributed by atoms with Gasteiger partial charge in [-0.1, -0.05) is 13.0 Å². The predicted molar refractivity (Wildman–Crippen MR) is 88.0 cm³/mol. The van der Waals surface area contributed by atoms with E-state index in [2.05, 4.69) is 0 Å². The molecule has 1 N–H and O–H groups in total. The highest BCUT2D eigenvalue weighted by molar-refractivity contribution is 7.91. The first-order chi connectivity index (χ1) is 11.3. The van der Waals surface area contributed by atoms with Crippen LogP contribution in [0.2, 0.25) is 0 Å². The smallest absolute Gasteiger partial charge is 0.335 e. The normalized spacial score (nSPS) is 19.0. The first-order valence-electron chi connectivity index (χ1n) is 7.78. The van der Waals surface area contributed by atoms with Gasteiger partial charge in [0, 0.05) is 12.6 Å². The van der Waals surface area contributed by atoms with E-state index in [-0.39, 0.29) is 35.6 Å². The molecule has 0 aromatic heterocycles. The quantitative estimate of drug-likeness (QED) is 0.788. The molecule has 24 heavy (non-hydrogen) atoms. The van der Waals surface area contributed by atoms with Crippen molar-refractivity contribution in [3.63, 3.8) is 0 Å². The second-order valence-electron chi connectivity index (χ2n) is 5.77. The van der Waals surface area contributed by atoms with Gasteiger partial charge in [-0.3, -0.25) is 4.79 Å². The largest absolute Gasteiger partial charge is 0.484 e. The lowest BCUT2D eigenvalue weighted by atomic mass is 10.2. The minimum absolute atomic E-state index is 0.00671. The lowest BCUT2D eigenvalue weighted by molar-refractivity contribution is -0.135. The molecule has 1 fully saturated rings. The maximum atomic E-state index is 12.4. The number of carboxylic acid groups (broad SMARTS) is 1. The van der Waals surface area contributed by atoms with Crippen LogP contribution in [0.25, 0.3) is 0 Å². The average molecular weight is 355 g/mol. The fourth-order valence-electron chi connectivity index (χ4n) is 2.72. The Morgan fingerprint density at radius 3 is 2.71 bits per heavy atom. The first kappa shape index (κ1) is 18.3. The van der Waals surface area contributed by atoms with Crippen molar-refractivity contribution in [1.82, 2.24) is 4.90 Å². The summed E-state index contributed by atoms with van der Waals surface area (Å²) in [5, 5.41) is 8.95. The number of hydrogen-bond donors (Lipinski definition) is 1. The van der Waals surface area contributed by atoms with Crippen molar-refractivity contribution in [2.75, 3.05) is 24.7 Å². The van der Waals surface area contributed by atoms with Crippen LogP contribution in [0.3, 0.4) is 0 Å². The molecule has 0 aliphatic carbocycles. The lowest BCUT2D eigenvalue weighted by Gasteiger charge is -2.27. The first-order valence-corrected chi connectivity index (χ1v) is 9.60. The number of rotatable bonds is 7. The van der Waals surface area contributed by atoms with Crippen LogP contribution in [0.5, 0.6) is 5.75 Å². The number of aromatic carboxylic acids is 1. The lowest BCUT2D eigenvalue weighted by Crippen LogP contribution is -2.44. The zero-order valence-electron chi connectivity index (χ0n) is 13.5. The van der Waals surface area contributed by atoms with Crippen molar-refractivity contribution in [3.8, 4) is 5.75 Å². The van der Waals surface area contributed by atoms with Gasteiger partial charge in [0.2, 0.25) is 0 Å². The molecular formula is C16H21NO6S. The minimum Gasteiger partial charge on any atom is -0.484 e. The van der Waals surface area contributed by atoms with Gasteiger partial charge in [-0.2, -0.15) is 0 Å². The fraction of sp³-hybridized carbons (Fsp3) is 0.500. The second kappa shape index (κ2) is 7.65. The van der Waals surface area contributed by atoms with Crippen molar-refractivity contribution >= 4 is 21.7 Å². The summed E-state index contributed by atoms with van der Waals surface area (Å²) in [6.07, 6.45) is 1.17. The molecular weight excluding hydrogens is 334 g/mol. The van der Waals surface area contributed by atoms with Crippen LogP contribution in [0.1, 0.15) is 30.1 Å². The second-order valence-corrected chi connectivity index (χ2v) is 7.99. The molecule has 1 aromatic rings. The van der Waals surface area contributed by atoms with Crippen LogP contribution < -0.4 is 4.74 Å². The standard InChI is InChI=1S/C16H21NO6S/c1-2-7-17(13-6-8-24(21,22)11-13)15(18)10-23-14-5-3-4-12(9-14)16(19)20/h3-5,9,13H,2,6-8,10-11H2,1H3,(H,19,20)/t13-/m0/s1. The molecule has 8 heteroatoms. The Morgan fingerprint density at radius 1 is 1.38 bits per heavy atom. The molecule has 1 amide bonds. The van der Waals surface area contributed by atoms with E-state index >= 15 is 0 Å². The van der Waals surface area contributed by atoms with E-state index in [9.17, 15) is 18.0 Å². The molecule has 2 rings (SSSR count). The van der Waals surface area contributed by atoms with Crippen LogP contribution in [0.15, 0.2) is 24.3 Å². The molecule has 1 saturated heterocycles. The molecule has 7 nitrogen and oxygen atoms in total. The highest BCUT2D eigenvalue weighted by Crippen LogP contribution is 2.19. The van der Waals surface area contributed by atoms with Gasteiger partial charge in [-0.05, 0) is 31.0 Å². The molecule has 1 heterocycles. The van der Waals surface area contributed by atoms with E-state index in [1.165, 1.54) is 18.2 Å². The van der Waals surface area contributed by atoms with E-state index in [4.69, 9.17) is 9.84 Å². The Balaban J connectivity index is 2.01. The number of nitrogens with zero attached hydrogens (tertiary/aromatic N) is 1.